The molecule has 2 aliphatic heterocycles. The number of nitrogens with zero attached hydrogens (tertiary/aromatic N) is 2. The monoisotopic (exact) mass is 396 g/mol. The molecule has 2 aromatic rings. The van der Waals surface area contributed by atoms with Gasteiger partial charge in [-0.05, 0) is 47.7 Å². The molecule has 0 bridgehead atoms. The fraction of sp³-hybridized carbons (Fsp3) is 0.286. The van der Waals surface area contributed by atoms with E-state index in [1.54, 1.807) is 18.1 Å². The molecule has 0 saturated carbocycles. The molecule has 0 aliphatic carbocycles. The average Bonchev–Trinajstić information content (AvgIpc) is 3.33. The summed E-state index contributed by atoms with van der Waals surface area (Å²) < 4.78 is 5.40. The van der Waals surface area contributed by atoms with Crippen LogP contribution in [0.1, 0.15) is 18.4 Å². The van der Waals surface area contributed by atoms with E-state index in [2.05, 4.69) is 0 Å². The molecule has 2 aromatic carbocycles. The first-order chi connectivity index (χ1) is 13.6. The Bertz CT molecular complexity index is 995. The van der Waals surface area contributed by atoms with Crippen molar-refractivity contribution in [2.75, 3.05) is 26.7 Å². The molecular formula is C21H20N2O4S. The van der Waals surface area contributed by atoms with Gasteiger partial charge in [0.05, 0.1) is 12.0 Å². The summed E-state index contributed by atoms with van der Waals surface area (Å²) in [5.41, 5.74) is 0.827. The number of methoxy groups -OCH3 is 1. The highest BCUT2D eigenvalue weighted by Gasteiger charge is 2.37. The van der Waals surface area contributed by atoms with Gasteiger partial charge in [-0.2, -0.15) is 0 Å². The van der Waals surface area contributed by atoms with Crippen LogP contribution in [0.5, 0.6) is 5.75 Å². The molecular weight excluding hydrogens is 376 g/mol. The lowest BCUT2D eigenvalue weighted by molar-refractivity contribution is -0.135. The Morgan fingerprint density at radius 3 is 2.54 bits per heavy atom. The van der Waals surface area contributed by atoms with E-state index < -0.39 is 11.1 Å². The molecule has 0 atom stereocenters. The predicted octanol–water partition coefficient (Wildman–Crippen LogP) is 3.51. The Kier molecular flexibility index (Phi) is 5.09. The van der Waals surface area contributed by atoms with Crippen LogP contribution in [-0.2, 0) is 9.59 Å². The van der Waals surface area contributed by atoms with E-state index in [9.17, 15) is 14.4 Å². The Labute approximate surface area is 167 Å². The summed E-state index contributed by atoms with van der Waals surface area (Å²) in [6.45, 7) is 1.21. The molecule has 6 nitrogen and oxygen atoms in total. The fourth-order valence-electron chi connectivity index (χ4n) is 3.58. The minimum absolute atomic E-state index is 0.170. The summed E-state index contributed by atoms with van der Waals surface area (Å²) in [7, 11) is 1.62. The molecule has 144 valence electrons. The van der Waals surface area contributed by atoms with Crippen molar-refractivity contribution in [1.29, 1.82) is 0 Å². The van der Waals surface area contributed by atoms with Crippen LogP contribution in [0.2, 0.25) is 0 Å². The van der Waals surface area contributed by atoms with Crippen molar-refractivity contribution in [1.82, 2.24) is 9.80 Å². The lowest BCUT2D eigenvalue weighted by Gasteiger charge is -2.18. The van der Waals surface area contributed by atoms with Crippen LogP contribution < -0.4 is 4.74 Å². The van der Waals surface area contributed by atoms with Crippen LogP contribution in [0.3, 0.4) is 0 Å². The number of rotatable bonds is 4. The van der Waals surface area contributed by atoms with Crippen LogP contribution >= 0.6 is 11.8 Å². The Morgan fingerprint density at radius 1 is 1.11 bits per heavy atom. The minimum atomic E-state index is -0.414. The predicted molar refractivity (Wildman–Crippen MR) is 109 cm³/mol. The van der Waals surface area contributed by atoms with E-state index in [-0.39, 0.29) is 12.5 Å². The van der Waals surface area contributed by atoms with Gasteiger partial charge in [0.15, 0.2) is 0 Å². The highest BCUT2D eigenvalue weighted by atomic mass is 32.2. The number of likely N-dealkylation sites (tertiary alicyclic amines) is 1. The van der Waals surface area contributed by atoms with E-state index in [0.29, 0.717) is 18.0 Å². The van der Waals surface area contributed by atoms with Gasteiger partial charge in [-0.3, -0.25) is 19.3 Å². The Morgan fingerprint density at radius 2 is 1.82 bits per heavy atom. The smallest absolute Gasteiger partial charge is 0.294 e. The van der Waals surface area contributed by atoms with Gasteiger partial charge < -0.3 is 9.64 Å². The second-order valence-electron chi connectivity index (χ2n) is 6.76. The Hall–Kier alpha value is -2.80. The maximum atomic E-state index is 12.8. The van der Waals surface area contributed by atoms with E-state index in [0.717, 1.165) is 51.6 Å². The molecule has 0 unspecified atom stereocenters. The standard InChI is InChI=1S/C21H20N2O4S/c1-27-17-9-8-14(15-6-2-3-7-16(15)17)12-18-20(25)23(21(26)28-18)13-19(24)22-10-4-5-11-22/h2-3,6-9,12H,4-5,10-11,13H2,1H3/b18-12-. The van der Waals surface area contributed by atoms with Gasteiger partial charge >= 0.3 is 0 Å². The highest BCUT2D eigenvalue weighted by molar-refractivity contribution is 8.18. The minimum Gasteiger partial charge on any atom is -0.496 e. The van der Waals surface area contributed by atoms with Gasteiger partial charge in [0, 0.05) is 18.5 Å². The lowest BCUT2D eigenvalue weighted by atomic mass is 10.0. The molecule has 3 amide bonds. The molecule has 2 aliphatic rings. The second kappa shape index (κ2) is 7.67. The normalized spacial score (nSPS) is 18.5. The van der Waals surface area contributed by atoms with Gasteiger partial charge in [-0.25, -0.2) is 0 Å². The number of ether oxygens (including phenoxy) is 1. The van der Waals surface area contributed by atoms with E-state index in [1.807, 2.05) is 36.4 Å². The molecule has 0 N–H and O–H groups in total. The van der Waals surface area contributed by atoms with Crippen molar-refractivity contribution >= 4 is 45.7 Å². The Balaban J connectivity index is 1.61. The summed E-state index contributed by atoms with van der Waals surface area (Å²) >= 11 is 0.876. The molecule has 2 saturated heterocycles. The zero-order valence-electron chi connectivity index (χ0n) is 15.5. The third-order valence-corrected chi connectivity index (χ3v) is 5.96. The molecule has 7 heteroatoms. The van der Waals surface area contributed by atoms with Crippen molar-refractivity contribution in [2.45, 2.75) is 12.8 Å². The van der Waals surface area contributed by atoms with Gasteiger partial charge in [0.25, 0.3) is 11.1 Å². The van der Waals surface area contributed by atoms with Crippen LogP contribution in [0.25, 0.3) is 16.8 Å². The number of thioether (sulfide) groups is 1. The van der Waals surface area contributed by atoms with Gasteiger partial charge in [0.2, 0.25) is 5.91 Å². The summed E-state index contributed by atoms with van der Waals surface area (Å²) in [5.74, 6) is 0.162. The SMILES string of the molecule is COc1ccc(/C=C2\SC(=O)N(CC(=O)N3CCCC3)C2=O)c2ccccc12. The number of imide groups is 1. The van der Waals surface area contributed by atoms with Crippen molar-refractivity contribution in [3.05, 3.63) is 46.9 Å². The number of fused-ring (bicyclic) bond motifs is 1. The van der Waals surface area contributed by atoms with Crippen molar-refractivity contribution in [2.24, 2.45) is 0 Å². The largest absolute Gasteiger partial charge is 0.496 e. The van der Waals surface area contributed by atoms with Crippen LogP contribution in [0.15, 0.2) is 41.3 Å². The number of carbonyl (C=O) groups is 3. The quantitative estimate of drug-likeness (QED) is 0.740. The molecule has 2 fully saturated rings. The molecule has 0 spiro atoms. The maximum absolute atomic E-state index is 12.8. The average molecular weight is 396 g/mol. The zero-order valence-corrected chi connectivity index (χ0v) is 16.3. The van der Waals surface area contributed by atoms with Gasteiger partial charge in [0.1, 0.15) is 12.3 Å². The molecule has 0 aromatic heterocycles. The van der Waals surface area contributed by atoms with E-state index in [1.165, 1.54) is 0 Å². The summed E-state index contributed by atoms with van der Waals surface area (Å²) in [4.78, 5) is 40.5. The first-order valence-corrected chi connectivity index (χ1v) is 9.99. The molecule has 28 heavy (non-hydrogen) atoms. The van der Waals surface area contributed by atoms with Crippen molar-refractivity contribution in [3.8, 4) is 5.75 Å². The molecule has 0 radical (unpaired) electrons. The highest BCUT2D eigenvalue weighted by Crippen LogP contribution is 2.35. The van der Waals surface area contributed by atoms with Crippen LogP contribution in [-0.4, -0.2) is 53.6 Å². The number of amides is 3. The van der Waals surface area contributed by atoms with Crippen molar-refractivity contribution < 1.29 is 19.1 Å². The summed E-state index contributed by atoms with van der Waals surface area (Å²) in [6.07, 6.45) is 3.66. The van der Waals surface area contributed by atoms with Crippen molar-refractivity contribution in [3.63, 3.8) is 0 Å². The maximum Gasteiger partial charge on any atom is 0.294 e. The first-order valence-electron chi connectivity index (χ1n) is 9.17. The van der Waals surface area contributed by atoms with Gasteiger partial charge in [-0.1, -0.05) is 30.3 Å². The summed E-state index contributed by atoms with van der Waals surface area (Å²) in [5, 5.41) is 1.46. The fourth-order valence-corrected chi connectivity index (χ4v) is 4.41. The number of benzene rings is 2. The lowest BCUT2D eigenvalue weighted by Crippen LogP contribution is -2.40. The van der Waals surface area contributed by atoms with Crippen LogP contribution in [0, 0.1) is 0 Å². The van der Waals surface area contributed by atoms with E-state index in [4.69, 9.17) is 4.74 Å². The second-order valence-corrected chi connectivity index (χ2v) is 7.75. The number of hydrogen-bond acceptors (Lipinski definition) is 5. The van der Waals surface area contributed by atoms with Crippen LogP contribution in [0.4, 0.5) is 4.79 Å². The molecule has 4 rings (SSSR count). The third-order valence-electron chi connectivity index (χ3n) is 5.05. The number of carbonyl (C=O) groups excluding carboxylic acids is 3. The third kappa shape index (κ3) is 3.38. The zero-order chi connectivity index (χ0) is 19.7. The topological polar surface area (TPSA) is 66.9 Å². The van der Waals surface area contributed by atoms with E-state index >= 15 is 0 Å². The first kappa shape index (κ1) is 18.6. The number of hydrogen-bond donors (Lipinski definition) is 0. The summed E-state index contributed by atoms with van der Waals surface area (Å²) in [6, 6.07) is 11.4. The van der Waals surface area contributed by atoms with Gasteiger partial charge in [-0.15, -0.1) is 0 Å². The molecule has 2 heterocycles.